The Bertz CT molecular complexity index is 1340. The predicted octanol–water partition coefficient (Wildman–Crippen LogP) is 6.24. The van der Waals surface area contributed by atoms with Gasteiger partial charge in [0.25, 0.3) is 5.91 Å². The van der Waals surface area contributed by atoms with Crippen molar-refractivity contribution in [2.75, 3.05) is 19.0 Å². The normalized spacial score (nSPS) is 11.2. The number of anilines is 1. The van der Waals surface area contributed by atoms with Gasteiger partial charge >= 0.3 is 6.18 Å². The molecule has 0 aliphatic carbocycles. The third-order valence-electron chi connectivity index (χ3n) is 5.00. The van der Waals surface area contributed by atoms with Gasteiger partial charge in [0.1, 0.15) is 5.75 Å². The number of hydrogen-bond acceptors (Lipinski definition) is 4. The molecule has 6 nitrogen and oxygen atoms in total. The summed E-state index contributed by atoms with van der Waals surface area (Å²) in [5.74, 6) is -0.146. The average molecular weight is 502 g/mol. The van der Waals surface area contributed by atoms with E-state index in [0.717, 1.165) is 21.9 Å². The van der Waals surface area contributed by atoms with Crippen molar-refractivity contribution in [1.82, 2.24) is 9.78 Å². The van der Waals surface area contributed by atoms with Crippen LogP contribution in [-0.2, 0) is 11.0 Å². The predicted molar refractivity (Wildman–Crippen MR) is 126 cm³/mol. The van der Waals surface area contributed by atoms with E-state index in [2.05, 4.69) is 10.4 Å². The number of carbonyl (C=O) groups excluding carboxylic acids is 1. The van der Waals surface area contributed by atoms with Gasteiger partial charge in [-0.3, -0.25) is 4.79 Å². The van der Waals surface area contributed by atoms with Crippen LogP contribution in [0.15, 0.2) is 78.9 Å². The quantitative estimate of drug-likeness (QED) is 0.326. The van der Waals surface area contributed by atoms with Crippen LogP contribution in [0.3, 0.4) is 0 Å². The molecule has 4 aromatic rings. The fourth-order valence-corrected chi connectivity index (χ4v) is 3.56. The zero-order valence-electron chi connectivity index (χ0n) is 18.3. The Labute approximate surface area is 203 Å². The number of nitrogens with zero attached hydrogens (tertiary/aromatic N) is 2. The molecule has 1 heterocycles. The first kappa shape index (κ1) is 24.2. The van der Waals surface area contributed by atoms with Crippen LogP contribution < -0.4 is 14.8 Å². The molecular formula is C25H19ClF3N3O3. The number of ether oxygens (including phenoxy) is 2. The summed E-state index contributed by atoms with van der Waals surface area (Å²) < 4.78 is 51.4. The van der Waals surface area contributed by atoms with Crippen LogP contribution in [0.4, 0.5) is 18.9 Å². The van der Waals surface area contributed by atoms with Crippen LogP contribution in [-0.4, -0.2) is 29.4 Å². The van der Waals surface area contributed by atoms with Crippen molar-refractivity contribution >= 4 is 23.2 Å². The monoisotopic (exact) mass is 501 g/mol. The molecule has 0 spiro atoms. The Hall–Kier alpha value is -3.98. The summed E-state index contributed by atoms with van der Waals surface area (Å²) in [7, 11) is 1.57. The van der Waals surface area contributed by atoms with Crippen molar-refractivity contribution in [3.63, 3.8) is 0 Å². The SMILES string of the molecule is COc1ccc(-c2ccccc2NC(=O)COc2cc(C(F)(F)F)nn2-c2ccccc2Cl)cc1. The number of nitrogens with one attached hydrogen (secondary N) is 1. The molecule has 4 rings (SSSR count). The molecule has 0 unspecified atom stereocenters. The second kappa shape index (κ2) is 10.1. The minimum absolute atomic E-state index is 0.173. The molecule has 0 saturated heterocycles. The van der Waals surface area contributed by atoms with Gasteiger partial charge in [0.2, 0.25) is 5.88 Å². The van der Waals surface area contributed by atoms with Gasteiger partial charge in [-0.1, -0.05) is 54.1 Å². The van der Waals surface area contributed by atoms with Crippen LogP contribution in [0, 0.1) is 0 Å². The van der Waals surface area contributed by atoms with Gasteiger partial charge in [0.15, 0.2) is 12.3 Å². The van der Waals surface area contributed by atoms with Crippen LogP contribution in [0.2, 0.25) is 5.02 Å². The first-order valence-corrected chi connectivity index (χ1v) is 10.7. The molecule has 0 aliphatic heterocycles. The Kier molecular flexibility index (Phi) is 6.97. The van der Waals surface area contributed by atoms with E-state index in [4.69, 9.17) is 21.1 Å². The van der Waals surface area contributed by atoms with Crippen LogP contribution in [0.25, 0.3) is 16.8 Å². The summed E-state index contributed by atoms with van der Waals surface area (Å²) in [6, 6.07) is 21.4. The van der Waals surface area contributed by atoms with Crippen molar-refractivity contribution < 1.29 is 27.4 Å². The van der Waals surface area contributed by atoms with Crippen molar-refractivity contribution in [2.45, 2.75) is 6.18 Å². The number of para-hydroxylation sites is 2. The van der Waals surface area contributed by atoms with Crippen molar-refractivity contribution in [3.05, 3.63) is 89.6 Å². The smallest absolute Gasteiger partial charge is 0.435 e. The highest BCUT2D eigenvalue weighted by Crippen LogP contribution is 2.34. The molecule has 0 aliphatic rings. The van der Waals surface area contributed by atoms with Gasteiger partial charge in [0, 0.05) is 17.3 Å². The fraction of sp³-hybridized carbons (Fsp3) is 0.120. The summed E-state index contributed by atoms with van der Waals surface area (Å²) in [6.45, 7) is -0.551. The second-order valence-corrected chi connectivity index (χ2v) is 7.75. The minimum atomic E-state index is -4.70. The van der Waals surface area contributed by atoms with E-state index < -0.39 is 24.4 Å². The van der Waals surface area contributed by atoms with Gasteiger partial charge in [-0.25, -0.2) is 0 Å². The molecule has 0 radical (unpaired) electrons. The lowest BCUT2D eigenvalue weighted by Crippen LogP contribution is -2.21. The number of amides is 1. The first-order chi connectivity index (χ1) is 16.8. The van der Waals surface area contributed by atoms with E-state index >= 15 is 0 Å². The molecule has 1 aromatic heterocycles. The zero-order chi connectivity index (χ0) is 25.0. The van der Waals surface area contributed by atoms with E-state index in [1.807, 2.05) is 24.3 Å². The van der Waals surface area contributed by atoms with Crippen molar-refractivity contribution in [2.24, 2.45) is 0 Å². The van der Waals surface area contributed by atoms with E-state index in [1.165, 1.54) is 12.1 Å². The Morgan fingerprint density at radius 2 is 1.71 bits per heavy atom. The van der Waals surface area contributed by atoms with Crippen LogP contribution in [0.1, 0.15) is 5.69 Å². The van der Waals surface area contributed by atoms with Crippen molar-refractivity contribution in [1.29, 1.82) is 0 Å². The van der Waals surface area contributed by atoms with Gasteiger partial charge in [0.05, 0.1) is 17.8 Å². The lowest BCUT2D eigenvalue weighted by molar-refractivity contribution is -0.141. The molecule has 35 heavy (non-hydrogen) atoms. The van der Waals surface area contributed by atoms with E-state index in [-0.39, 0.29) is 16.6 Å². The number of halogens is 4. The number of aromatic nitrogens is 2. The highest BCUT2D eigenvalue weighted by atomic mass is 35.5. The lowest BCUT2D eigenvalue weighted by Gasteiger charge is -2.13. The molecule has 0 bridgehead atoms. The molecule has 10 heteroatoms. The summed E-state index contributed by atoms with van der Waals surface area (Å²) in [4.78, 5) is 12.7. The maximum atomic E-state index is 13.3. The topological polar surface area (TPSA) is 65.4 Å². The highest BCUT2D eigenvalue weighted by molar-refractivity contribution is 6.32. The molecule has 1 amide bonds. The fourth-order valence-electron chi connectivity index (χ4n) is 3.34. The van der Waals surface area contributed by atoms with E-state index in [1.54, 1.807) is 43.5 Å². The zero-order valence-corrected chi connectivity index (χ0v) is 19.1. The summed E-state index contributed by atoms with van der Waals surface area (Å²) >= 11 is 6.13. The molecule has 0 saturated carbocycles. The Balaban J connectivity index is 1.54. The maximum absolute atomic E-state index is 13.3. The first-order valence-electron chi connectivity index (χ1n) is 10.3. The number of methoxy groups -OCH3 is 1. The second-order valence-electron chi connectivity index (χ2n) is 7.34. The average Bonchev–Trinajstić information content (AvgIpc) is 3.28. The molecule has 0 atom stereocenters. The third-order valence-corrected chi connectivity index (χ3v) is 5.32. The number of hydrogen-bond donors (Lipinski definition) is 1. The molecule has 1 N–H and O–H groups in total. The van der Waals surface area contributed by atoms with E-state index in [9.17, 15) is 18.0 Å². The number of alkyl halides is 3. The maximum Gasteiger partial charge on any atom is 0.435 e. The number of benzene rings is 3. The molecule has 0 fully saturated rings. The number of carbonyl (C=O) groups is 1. The third kappa shape index (κ3) is 5.58. The van der Waals surface area contributed by atoms with Gasteiger partial charge < -0.3 is 14.8 Å². The van der Waals surface area contributed by atoms with E-state index in [0.29, 0.717) is 11.4 Å². The highest BCUT2D eigenvalue weighted by Gasteiger charge is 2.36. The van der Waals surface area contributed by atoms with Crippen LogP contribution >= 0.6 is 11.6 Å². The van der Waals surface area contributed by atoms with Gasteiger partial charge in [-0.05, 0) is 35.9 Å². The molecular weight excluding hydrogens is 483 g/mol. The Morgan fingerprint density at radius 3 is 2.40 bits per heavy atom. The minimum Gasteiger partial charge on any atom is -0.497 e. The van der Waals surface area contributed by atoms with Crippen LogP contribution in [0.5, 0.6) is 11.6 Å². The van der Waals surface area contributed by atoms with Gasteiger partial charge in [-0.2, -0.15) is 23.0 Å². The van der Waals surface area contributed by atoms with Gasteiger partial charge in [-0.15, -0.1) is 0 Å². The number of rotatable bonds is 7. The molecule has 3 aromatic carbocycles. The largest absolute Gasteiger partial charge is 0.497 e. The summed E-state index contributed by atoms with van der Waals surface area (Å²) in [5, 5.41) is 6.50. The summed E-state index contributed by atoms with van der Waals surface area (Å²) in [5.41, 5.74) is 1.13. The van der Waals surface area contributed by atoms with Crippen molar-refractivity contribution in [3.8, 4) is 28.4 Å². The standard InChI is InChI=1S/C25H19ClF3N3O3/c1-34-17-12-10-16(11-13-17)18-6-2-4-8-20(18)30-23(33)15-35-24-14-22(25(27,28)29)31-32(24)21-9-5-3-7-19(21)26/h2-14H,15H2,1H3,(H,30,33). The summed E-state index contributed by atoms with van der Waals surface area (Å²) in [6.07, 6.45) is -4.70. The Morgan fingerprint density at radius 1 is 1.03 bits per heavy atom. The lowest BCUT2D eigenvalue weighted by atomic mass is 10.0. The molecule has 180 valence electrons.